The molecule has 1 aromatic rings. The van der Waals surface area contributed by atoms with E-state index in [1.165, 1.54) is 5.56 Å². The number of nitrogens with one attached hydrogen (secondary N) is 1. The summed E-state index contributed by atoms with van der Waals surface area (Å²) in [7, 11) is -1.99. The van der Waals surface area contributed by atoms with E-state index >= 15 is 0 Å². The van der Waals surface area contributed by atoms with Crippen LogP contribution in [0.1, 0.15) is 19.4 Å². The topological polar surface area (TPSA) is 32.3 Å². The predicted octanol–water partition coefficient (Wildman–Crippen LogP) is 2.79. The third kappa shape index (κ3) is 5.00. The largest absolute Gasteiger partial charge is 0.432 e. The summed E-state index contributed by atoms with van der Waals surface area (Å²) in [4.78, 5) is 9.86. The molecule has 0 atom stereocenters. The third-order valence-corrected chi connectivity index (χ3v) is 3.29. The Morgan fingerprint density at radius 2 is 2.00 bits per heavy atom. The van der Waals surface area contributed by atoms with Gasteiger partial charge in [-0.2, -0.15) is 0 Å². The molecule has 0 fully saturated rings. The molecule has 0 radical (unpaired) electrons. The Morgan fingerprint density at radius 1 is 1.33 bits per heavy atom. The molecule has 3 heteroatoms. The zero-order chi connectivity index (χ0) is 11.5. The summed E-state index contributed by atoms with van der Waals surface area (Å²) in [6.45, 7) is 8.18. The van der Waals surface area contributed by atoms with Crippen molar-refractivity contribution in [2.45, 2.75) is 39.0 Å². The van der Waals surface area contributed by atoms with E-state index in [1.807, 2.05) is 19.2 Å². The van der Waals surface area contributed by atoms with Crippen molar-refractivity contribution in [3.8, 4) is 0 Å². The van der Waals surface area contributed by atoms with Crippen molar-refractivity contribution in [2.24, 2.45) is 0 Å². The average molecular weight is 223 g/mol. The van der Waals surface area contributed by atoms with Gasteiger partial charge in [-0.1, -0.05) is 12.1 Å². The van der Waals surface area contributed by atoms with Gasteiger partial charge in [-0.05, 0) is 50.7 Å². The molecule has 2 nitrogen and oxygen atoms in total. The van der Waals surface area contributed by atoms with Crippen LogP contribution in [-0.2, 0) is 6.04 Å². The van der Waals surface area contributed by atoms with E-state index in [1.54, 1.807) is 0 Å². The van der Waals surface area contributed by atoms with Crippen molar-refractivity contribution in [3.05, 3.63) is 29.8 Å². The zero-order valence-electron chi connectivity index (χ0n) is 10.0. The fourth-order valence-corrected chi connectivity index (χ4v) is 2.82. The van der Waals surface area contributed by atoms with Crippen molar-refractivity contribution >= 4 is 14.0 Å². The van der Waals surface area contributed by atoms with Crippen LogP contribution in [0, 0.1) is 0 Å². The molecule has 1 rings (SSSR count). The summed E-state index contributed by atoms with van der Waals surface area (Å²) < 4.78 is 0. The molecule has 0 aliphatic rings. The quantitative estimate of drug-likeness (QED) is 0.769. The second-order valence-corrected chi connectivity index (χ2v) is 8.97. The van der Waals surface area contributed by atoms with Gasteiger partial charge >= 0.3 is 0 Å². The van der Waals surface area contributed by atoms with Gasteiger partial charge in [0.25, 0.3) is 0 Å². The van der Waals surface area contributed by atoms with Crippen LogP contribution in [0.5, 0.6) is 0 Å². The van der Waals surface area contributed by atoms with Gasteiger partial charge in [-0.15, -0.1) is 0 Å². The molecule has 0 bridgehead atoms. The molecule has 1 aromatic carbocycles. The fourth-order valence-electron chi connectivity index (χ4n) is 1.60. The summed E-state index contributed by atoms with van der Waals surface area (Å²) in [6.07, 6.45) is 0. The maximum Gasteiger partial charge on any atom is 0.186 e. The predicted molar refractivity (Wildman–Crippen MR) is 68.6 cm³/mol. The number of anilines is 1. The van der Waals surface area contributed by atoms with Gasteiger partial charge in [0.2, 0.25) is 0 Å². The van der Waals surface area contributed by atoms with Crippen LogP contribution < -0.4 is 5.32 Å². The molecule has 0 spiro atoms. The molecule has 0 saturated carbocycles. The van der Waals surface area contributed by atoms with Crippen LogP contribution in [0.4, 0.5) is 5.69 Å². The van der Waals surface area contributed by atoms with Crippen LogP contribution >= 0.6 is 0 Å². The Kier molecular flexibility index (Phi) is 3.94. The Bertz CT molecular complexity index is 318. The molecule has 0 saturated heterocycles. The van der Waals surface area contributed by atoms with Gasteiger partial charge in [0.15, 0.2) is 8.32 Å². The minimum atomic E-state index is -1.99. The van der Waals surface area contributed by atoms with E-state index in [-0.39, 0.29) is 0 Å². The van der Waals surface area contributed by atoms with Gasteiger partial charge in [0.05, 0.1) is 0 Å². The molecule has 84 valence electrons. The Labute approximate surface area is 93.5 Å². The van der Waals surface area contributed by atoms with Crippen molar-refractivity contribution in [1.82, 2.24) is 0 Å². The maximum atomic E-state index is 9.86. The molecular formula is C12H21NOSi. The van der Waals surface area contributed by atoms with Crippen LogP contribution in [0.3, 0.4) is 0 Å². The maximum absolute atomic E-state index is 9.86. The van der Waals surface area contributed by atoms with Gasteiger partial charge in [0, 0.05) is 11.7 Å². The lowest BCUT2D eigenvalue weighted by Gasteiger charge is -2.15. The first kappa shape index (κ1) is 12.3. The first-order chi connectivity index (χ1) is 6.87. The van der Waals surface area contributed by atoms with E-state index < -0.39 is 8.32 Å². The highest BCUT2D eigenvalue weighted by Gasteiger charge is 2.17. The molecule has 0 unspecified atom stereocenters. The van der Waals surface area contributed by atoms with Crippen molar-refractivity contribution in [2.75, 3.05) is 5.32 Å². The minimum Gasteiger partial charge on any atom is -0.432 e. The number of hydrogen-bond donors (Lipinski definition) is 2. The molecule has 0 amide bonds. The number of rotatable bonds is 4. The fraction of sp³-hybridized carbons (Fsp3) is 0.500. The second kappa shape index (κ2) is 4.81. The van der Waals surface area contributed by atoms with Crippen molar-refractivity contribution in [1.29, 1.82) is 0 Å². The lowest BCUT2D eigenvalue weighted by atomic mass is 10.2. The summed E-state index contributed by atoms with van der Waals surface area (Å²) in [5, 5.41) is 3.36. The standard InChI is InChI=1S/C12H21NOSi/c1-10(2)13-12-7-5-6-11(8-12)9-15(3,4)14/h5-8,10,13-14H,9H2,1-4H3. The van der Waals surface area contributed by atoms with Gasteiger partial charge in [-0.25, -0.2) is 0 Å². The summed E-state index contributed by atoms with van der Waals surface area (Å²) in [6, 6.07) is 9.58. The van der Waals surface area contributed by atoms with E-state index in [2.05, 4.69) is 37.4 Å². The number of benzene rings is 1. The Balaban J connectivity index is 2.74. The summed E-state index contributed by atoms with van der Waals surface area (Å²) in [5.41, 5.74) is 2.36. The Hall–Kier alpha value is -0.803. The van der Waals surface area contributed by atoms with E-state index in [0.29, 0.717) is 6.04 Å². The summed E-state index contributed by atoms with van der Waals surface area (Å²) >= 11 is 0. The summed E-state index contributed by atoms with van der Waals surface area (Å²) in [5.74, 6) is 0. The highest BCUT2D eigenvalue weighted by atomic mass is 28.4. The SMILES string of the molecule is CC(C)Nc1cccc(C[Si](C)(C)O)c1. The van der Waals surface area contributed by atoms with Crippen LogP contribution in [-0.4, -0.2) is 19.2 Å². The lowest BCUT2D eigenvalue weighted by Crippen LogP contribution is -2.28. The van der Waals surface area contributed by atoms with Crippen molar-refractivity contribution < 1.29 is 4.80 Å². The van der Waals surface area contributed by atoms with E-state index in [9.17, 15) is 4.80 Å². The number of hydrogen-bond acceptors (Lipinski definition) is 2. The Morgan fingerprint density at radius 3 is 2.53 bits per heavy atom. The molecule has 0 aliphatic carbocycles. The van der Waals surface area contributed by atoms with Crippen LogP contribution in [0.2, 0.25) is 13.1 Å². The van der Waals surface area contributed by atoms with Crippen LogP contribution in [0.15, 0.2) is 24.3 Å². The first-order valence-corrected chi connectivity index (χ1v) is 8.60. The molecular weight excluding hydrogens is 202 g/mol. The smallest absolute Gasteiger partial charge is 0.186 e. The second-order valence-electron chi connectivity index (χ2n) is 4.99. The molecule has 0 aromatic heterocycles. The first-order valence-electron chi connectivity index (χ1n) is 5.45. The molecule has 0 heterocycles. The van der Waals surface area contributed by atoms with Crippen molar-refractivity contribution in [3.63, 3.8) is 0 Å². The normalized spacial score (nSPS) is 11.9. The molecule has 0 aliphatic heterocycles. The monoisotopic (exact) mass is 223 g/mol. The van der Waals surface area contributed by atoms with Gasteiger partial charge in [-0.3, -0.25) is 0 Å². The third-order valence-electron chi connectivity index (χ3n) is 2.02. The van der Waals surface area contributed by atoms with E-state index in [0.717, 1.165) is 11.7 Å². The lowest BCUT2D eigenvalue weighted by molar-refractivity contribution is 0.548. The zero-order valence-corrected chi connectivity index (χ0v) is 11.0. The highest BCUT2D eigenvalue weighted by molar-refractivity contribution is 6.69. The van der Waals surface area contributed by atoms with Crippen LogP contribution in [0.25, 0.3) is 0 Å². The average Bonchev–Trinajstić information content (AvgIpc) is 1.99. The molecule has 15 heavy (non-hydrogen) atoms. The molecule has 2 N–H and O–H groups in total. The van der Waals surface area contributed by atoms with E-state index in [4.69, 9.17) is 0 Å². The van der Waals surface area contributed by atoms with Gasteiger partial charge in [0.1, 0.15) is 0 Å². The minimum absolute atomic E-state index is 0.444. The highest BCUT2D eigenvalue weighted by Crippen LogP contribution is 2.15. The van der Waals surface area contributed by atoms with Gasteiger partial charge < -0.3 is 10.1 Å².